The Morgan fingerprint density at radius 3 is 3.05 bits per heavy atom. The summed E-state index contributed by atoms with van der Waals surface area (Å²) in [7, 11) is 0. The number of rotatable bonds is 2. The first kappa shape index (κ1) is 12.3. The minimum Gasteiger partial charge on any atom is -0.384 e. The summed E-state index contributed by atoms with van der Waals surface area (Å²) in [6.07, 6.45) is 0.970. The van der Waals surface area contributed by atoms with E-state index < -0.39 is 0 Å². The summed E-state index contributed by atoms with van der Waals surface area (Å²) >= 11 is 1.49. The number of para-hydroxylation sites is 1. The highest BCUT2D eigenvalue weighted by Crippen LogP contribution is 2.27. The number of carbonyl (C=O) groups excluding carboxylic acids is 1. The summed E-state index contributed by atoms with van der Waals surface area (Å²) in [5.41, 5.74) is 3.92. The summed E-state index contributed by atoms with van der Waals surface area (Å²) in [5.74, 6) is -0.108. The minimum absolute atomic E-state index is 0.108. The first-order valence-electron chi connectivity index (χ1n) is 6.83. The number of fused-ring (bicyclic) bond motifs is 2. The molecule has 0 saturated carbocycles. The Bertz CT molecular complexity index is 807. The van der Waals surface area contributed by atoms with Crippen LogP contribution >= 0.6 is 11.3 Å². The smallest absolute Gasteiger partial charge is 0.257 e. The Morgan fingerprint density at radius 1 is 1.24 bits per heavy atom. The van der Waals surface area contributed by atoms with Crippen LogP contribution < -0.4 is 10.6 Å². The standard InChI is InChI=1S/C16H13N3OS/c20-15(11-5-6-12-10(9-11)7-8-17-12)19-16-18-13-3-1-2-4-14(13)21-16/h1-6,9,17H,7-8H2,(H,18,19,20). The second kappa shape index (κ2) is 4.86. The number of carbonyl (C=O) groups is 1. The first-order valence-corrected chi connectivity index (χ1v) is 7.65. The van der Waals surface area contributed by atoms with Gasteiger partial charge in [0.15, 0.2) is 5.13 Å². The van der Waals surface area contributed by atoms with Gasteiger partial charge in [-0.05, 0) is 42.3 Å². The second-order valence-corrected chi connectivity index (χ2v) is 6.02. The zero-order valence-corrected chi connectivity index (χ0v) is 12.0. The molecule has 0 radical (unpaired) electrons. The number of anilines is 2. The fourth-order valence-corrected chi connectivity index (χ4v) is 3.40. The van der Waals surface area contributed by atoms with E-state index in [0.717, 1.165) is 28.9 Å². The third kappa shape index (κ3) is 2.25. The first-order chi connectivity index (χ1) is 10.3. The van der Waals surface area contributed by atoms with Crippen molar-refractivity contribution in [2.45, 2.75) is 6.42 Å². The summed E-state index contributed by atoms with van der Waals surface area (Å²) in [4.78, 5) is 16.8. The normalized spacial score (nSPS) is 13.0. The van der Waals surface area contributed by atoms with Gasteiger partial charge in [0.1, 0.15) is 0 Å². The Morgan fingerprint density at radius 2 is 2.14 bits per heavy atom. The van der Waals surface area contributed by atoms with Crippen molar-refractivity contribution in [1.82, 2.24) is 4.98 Å². The van der Waals surface area contributed by atoms with Crippen molar-refractivity contribution in [2.24, 2.45) is 0 Å². The number of nitrogens with zero attached hydrogens (tertiary/aromatic N) is 1. The van der Waals surface area contributed by atoms with Gasteiger partial charge < -0.3 is 5.32 Å². The molecule has 0 unspecified atom stereocenters. The van der Waals surface area contributed by atoms with Crippen LogP contribution in [0.1, 0.15) is 15.9 Å². The van der Waals surface area contributed by atoms with Gasteiger partial charge in [0.05, 0.1) is 10.2 Å². The number of amides is 1. The summed E-state index contributed by atoms with van der Waals surface area (Å²) in [5, 5.41) is 6.82. The van der Waals surface area contributed by atoms with Crippen LogP contribution in [0.4, 0.5) is 10.8 Å². The summed E-state index contributed by atoms with van der Waals surface area (Å²) in [6, 6.07) is 13.6. The van der Waals surface area contributed by atoms with Gasteiger partial charge in [-0.2, -0.15) is 0 Å². The maximum atomic E-state index is 12.3. The summed E-state index contributed by atoms with van der Waals surface area (Å²) in [6.45, 7) is 0.943. The topological polar surface area (TPSA) is 54.0 Å². The van der Waals surface area contributed by atoms with Gasteiger partial charge in [-0.25, -0.2) is 4.98 Å². The molecule has 104 valence electrons. The Balaban J connectivity index is 1.60. The molecule has 21 heavy (non-hydrogen) atoms. The molecule has 0 saturated heterocycles. The zero-order valence-electron chi connectivity index (χ0n) is 11.2. The van der Waals surface area contributed by atoms with Crippen LogP contribution in [0, 0.1) is 0 Å². The van der Waals surface area contributed by atoms with Crippen molar-refractivity contribution < 1.29 is 4.79 Å². The third-order valence-electron chi connectivity index (χ3n) is 3.59. The lowest BCUT2D eigenvalue weighted by Gasteiger charge is -2.04. The van der Waals surface area contributed by atoms with Crippen molar-refractivity contribution in [3.63, 3.8) is 0 Å². The Kier molecular flexibility index (Phi) is 2.86. The minimum atomic E-state index is -0.108. The third-order valence-corrected chi connectivity index (χ3v) is 4.54. The fourth-order valence-electron chi connectivity index (χ4n) is 2.54. The molecule has 0 fully saturated rings. The van der Waals surface area contributed by atoms with Crippen LogP contribution in [0.25, 0.3) is 10.2 Å². The predicted molar refractivity (Wildman–Crippen MR) is 86.2 cm³/mol. The highest BCUT2D eigenvalue weighted by molar-refractivity contribution is 7.22. The lowest BCUT2D eigenvalue weighted by molar-refractivity contribution is 0.102. The average Bonchev–Trinajstić information content (AvgIpc) is 3.11. The van der Waals surface area contributed by atoms with Crippen LogP contribution in [0.5, 0.6) is 0 Å². The zero-order chi connectivity index (χ0) is 14.2. The van der Waals surface area contributed by atoms with Crippen molar-refractivity contribution in [3.8, 4) is 0 Å². The van der Waals surface area contributed by atoms with E-state index in [4.69, 9.17) is 0 Å². The molecule has 0 spiro atoms. The molecule has 1 aliphatic rings. The van der Waals surface area contributed by atoms with E-state index in [0.29, 0.717) is 10.7 Å². The molecule has 2 heterocycles. The maximum Gasteiger partial charge on any atom is 0.257 e. The second-order valence-electron chi connectivity index (χ2n) is 4.99. The Hall–Kier alpha value is -2.40. The van der Waals surface area contributed by atoms with Crippen molar-refractivity contribution >= 4 is 38.3 Å². The van der Waals surface area contributed by atoms with E-state index >= 15 is 0 Å². The fraction of sp³-hybridized carbons (Fsp3) is 0.125. The summed E-state index contributed by atoms with van der Waals surface area (Å²) < 4.78 is 1.07. The molecule has 2 N–H and O–H groups in total. The highest BCUT2D eigenvalue weighted by Gasteiger charge is 2.14. The van der Waals surface area contributed by atoms with Crippen LogP contribution in [-0.2, 0) is 6.42 Å². The van der Waals surface area contributed by atoms with Crippen LogP contribution in [0.3, 0.4) is 0 Å². The van der Waals surface area contributed by atoms with E-state index in [2.05, 4.69) is 15.6 Å². The molecule has 1 aromatic heterocycles. The van der Waals surface area contributed by atoms with E-state index in [1.54, 1.807) is 0 Å². The molecule has 4 nitrogen and oxygen atoms in total. The van der Waals surface area contributed by atoms with Gasteiger partial charge in [0.2, 0.25) is 0 Å². The molecular formula is C16H13N3OS. The number of aromatic nitrogens is 1. The van der Waals surface area contributed by atoms with Gasteiger partial charge in [0.25, 0.3) is 5.91 Å². The lowest BCUT2D eigenvalue weighted by atomic mass is 10.1. The van der Waals surface area contributed by atoms with Crippen molar-refractivity contribution in [1.29, 1.82) is 0 Å². The average molecular weight is 295 g/mol. The highest BCUT2D eigenvalue weighted by atomic mass is 32.1. The van der Waals surface area contributed by atoms with E-state index in [-0.39, 0.29) is 5.91 Å². The van der Waals surface area contributed by atoms with Crippen LogP contribution in [0.15, 0.2) is 42.5 Å². The maximum absolute atomic E-state index is 12.3. The van der Waals surface area contributed by atoms with Gasteiger partial charge in [-0.3, -0.25) is 10.1 Å². The van der Waals surface area contributed by atoms with E-state index in [9.17, 15) is 4.79 Å². The van der Waals surface area contributed by atoms with Gasteiger partial charge in [-0.1, -0.05) is 23.5 Å². The number of hydrogen-bond donors (Lipinski definition) is 2. The molecule has 0 atom stereocenters. The van der Waals surface area contributed by atoms with Crippen molar-refractivity contribution in [3.05, 3.63) is 53.6 Å². The van der Waals surface area contributed by atoms with Crippen LogP contribution in [0.2, 0.25) is 0 Å². The van der Waals surface area contributed by atoms with Crippen molar-refractivity contribution in [2.75, 3.05) is 17.2 Å². The lowest BCUT2D eigenvalue weighted by Crippen LogP contribution is -2.11. The molecule has 4 rings (SSSR count). The Labute approximate surface area is 125 Å². The van der Waals surface area contributed by atoms with Gasteiger partial charge in [0, 0.05) is 17.8 Å². The predicted octanol–water partition coefficient (Wildman–Crippen LogP) is 3.52. The number of benzene rings is 2. The van der Waals surface area contributed by atoms with Crippen LogP contribution in [-0.4, -0.2) is 17.4 Å². The molecule has 0 bridgehead atoms. The molecule has 3 aromatic rings. The number of thiazole rings is 1. The molecule has 1 aliphatic heterocycles. The monoisotopic (exact) mass is 295 g/mol. The molecule has 0 aliphatic carbocycles. The van der Waals surface area contributed by atoms with E-state index in [1.165, 1.54) is 16.9 Å². The largest absolute Gasteiger partial charge is 0.384 e. The molecular weight excluding hydrogens is 282 g/mol. The molecule has 1 amide bonds. The SMILES string of the molecule is O=C(Nc1nc2ccccc2s1)c1ccc2c(c1)CCN2. The van der Waals surface area contributed by atoms with Gasteiger partial charge in [-0.15, -0.1) is 0 Å². The quantitative estimate of drug-likeness (QED) is 0.760. The molecule has 2 aromatic carbocycles. The molecule has 5 heteroatoms. The number of nitrogens with one attached hydrogen (secondary N) is 2. The van der Waals surface area contributed by atoms with E-state index in [1.807, 2.05) is 42.5 Å². The number of hydrogen-bond acceptors (Lipinski definition) is 4. The van der Waals surface area contributed by atoms with Gasteiger partial charge >= 0.3 is 0 Å².